The third kappa shape index (κ3) is 5.55. The first-order valence-electron chi connectivity index (χ1n) is 12.6. The van der Waals surface area contributed by atoms with Crippen LogP contribution in [0, 0.1) is 11.8 Å². The second-order valence-corrected chi connectivity index (χ2v) is 9.87. The number of nitrogens with zero attached hydrogens (tertiary/aromatic N) is 2. The number of rotatable bonds is 7. The number of aliphatic hydroxyl groups excluding tert-OH is 2. The maximum absolute atomic E-state index is 15.4. The fourth-order valence-corrected chi connectivity index (χ4v) is 5.15. The van der Waals surface area contributed by atoms with Crippen LogP contribution in [0.4, 0.5) is 4.39 Å². The normalized spacial score (nSPS) is 29.7. The average molecular weight is 513 g/mol. The van der Waals surface area contributed by atoms with E-state index < -0.39 is 60.8 Å². The summed E-state index contributed by atoms with van der Waals surface area (Å²) < 4.78 is 32.2. The highest BCUT2D eigenvalue weighted by molar-refractivity contribution is 5.72. The topological polar surface area (TPSA) is 146 Å². The lowest BCUT2D eigenvalue weighted by molar-refractivity contribution is -0.218. The summed E-state index contributed by atoms with van der Waals surface area (Å²) in [5.41, 5.74) is -1.80. The Morgan fingerprint density at radius 3 is 2.11 bits per heavy atom. The molecule has 1 saturated heterocycles. The zero-order valence-electron chi connectivity index (χ0n) is 20.1. The third-order valence-electron chi connectivity index (χ3n) is 7.37. The minimum atomic E-state index is -2.97. The number of carbonyl (C=O) groups excluding carboxylic acids is 2. The van der Waals surface area contributed by atoms with Gasteiger partial charge < -0.3 is 24.4 Å². The molecule has 4 atom stereocenters. The molecule has 2 aliphatic carbocycles. The van der Waals surface area contributed by atoms with Gasteiger partial charge in [-0.15, -0.1) is 0 Å². The SMILES string of the molecule is O=C(OCn1c(=O)ccn([C@@H]2O[C@](F)(COC(=O)C3CCCCC3)[C@@H](O)[C@H]2O)c1=O)C1CCCCC1. The Morgan fingerprint density at radius 2 is 1.53 bits per heavy atom. The molecule has 0 unspecified atom stereocenters. The van der Waals surface area contributed by atoms with Crippen molar-refractivity contribution >= 4 is 11.9 Å². The lowest BCUT2D eigenvalue weighted by atomic mass is 9.89. The predicted octanol–water partition coefficient (Wildman–Crippen LogP) is 1.13. The van der Waals surface area contributed by atoms with Crippen LogP contribution in [0.15, 0.2) is 21.9 Å². The summed E-state index contributed by atoms with van der Waals surface area (Å²) in [5, 5.41) is 20.8. The van der Waals surface area contributed by atoms with E-state index in [9.17, 15) is 29.4 Å². The number of alkyl halides is 1. The van der Waals surface area contributed by atoms with Gasteiger partial charge in [-0.2, -0.15) is 0 Å². The first-order valence-corrected chi connectivity index (χ1v) is 12.6. The second-order valence-electron chi connectivity index (χ2n) is 9.87. The number of hydrogen-bond acceptors (Lipinski definition) is 9. The molecule has 4 rings (SSSR count). The molecule has 0 spiro atoms. The van der Waals surface area contributed by atoms with E-state index in [4.69, 9.17) is 14.2 Å². The number of hydrogen-bond donors (Lipinski definition) is 2. The Balaban J connectivity index is 1.44. The standard InChI is InChI=1S/C24H33FN2O9/c25-24(13-34-21(31)15-7-3-1-4-8-15)19(30)18(29)20(36-24)26-12-11-17(28)27(23(26)33)14-35-22(32)16-9-5-2-6-10-16/h11-12,15-16,18-20,29-30H,1-10,13-14H2/t18-,19+,20-,24-/m1/s1. The van der Waals surface area contributed by atoms with Crippen LogP contribution >= 0.6 is 0 Å². The molecular weight excluding hydrogens is 479 g/mol. The monoisotopic (exact) mass is 512 g/mol. The van der Waals surface area contributed by atoms with Crippen LogP contribution < -0.4 is 11.2 Å². The summed E-state index contributed by atoms with van der Waals surface area (Å²) >= 11 is 0. The summed E-state index contributed by atoms with van der Waals surface area (Å²) in [6.07, 6.45) is 3.46. The Morgan fingerprint density at radius 1 is 0.972 bits per heavy atom. The summed E-state index contributed by atoms with van der Waals surface area (Å²) in [5.74, 6) is -4.73. The lowest BCUT2D eigenvalue weighted by Crippen LogP contribution is -2.44. The Hall–Kier alpha value is -2.57. The molecule has 1 aromatic rings. The summed E-state index contributed by atoms with van der Waals surface area (Å²) in [6.45, 7) is -1.62. The lowest BCUT2D eigenvalue weighted by Gasteiger charge is -2.25. The predicted molar refractivity (Wildman–Crippen MR) is 121 cm³/mol. The zero-order valence-corrected chi connectivity index (χ0v) is 20.1. The molecule has 2 N–H and O–H groups in total. The largest absolute Gasteiger partial charge is 0.459 e. The van der Waals surface area contributed by atoms with Gasteiger partial charge in [0, 0.05) is 12.3 Å². The van der Waals surface area contributed by atoms with Crippen LogP contribution in [0.25, 0.3) is 0 Å². The fraction of sp³-hybridized carbons (Fsp3) is 0.750. The van der Waals surface area contributed by atoms with E-state index in [1.807, 2.05) is 0 Å². The van der Waals surface area contributed by atoms with Crippen LogP contribution in [0.5, 0.6) is 0 Å². The third-order valence-corrected chi connectivity index (χ3v) is 7.37. The van der Waals surface area contributed by atoms with Gasteiger partial charge in [0.15, 0.2) is 19.6 Å². The molecule has 0 radical (unpaired) electrons. The molecule has 0 bridgehead atoms. The maximum atomic E-state index is 15.4. The molecule has 11 nitrogen and oxygen atoms in total. The van der Waals surface area contributed by atoms with E-state index in [0.717, 1.165) is 55.4 Å². The first-order chi connectivity index (χ1) is 17.2. The van der Waals surface area contributed by atoms with Gasteiger partial charge in [0.25, 0.3) is 11.4 Å². The van der Waals surface area contributed by atoms with Crippen molar-refractivity contribution in [2.24, 2.45) is 11.8 Å². The van der Waals surface area contributed by atoms with Crippen LogP contribution in [0.1, 0.15) is 70.4 Å². The van der Waals surface area contributed by atoms with Gasteiger partial charge in [-0.1, -0.05) is 38.5 Å². The van der Waals surface area contributed by atoms with Crippen molar-refractivity contribution in [1.29, 1.82) is 0 Å². The molecule has 36 heavy (non-hydrogen) atoms. The van der Waals surface area contributed by atoms with Gasteiger partial charge in [0.2, 0.25) is 0 Å². The van der Waals surface area contributed by atoms with E-state index >= 15 is 4.39 Å². The van der Waals surface area contributed by atoms with Crippen LogP contribution in [0.3, 0.4) is 0 Å². The summed E-state index contributed by atoms with van der Waals surface area (Å²) in [4.78, 5) is 49.8. The number of carbonyl (C=O) groups is 2. The number of halogens is 1. The molecular formula is C24H33FN2O9. The number of esters is 2. The minimum absolute atomic E-state index is 0.293. The zero-order chi connectivity index (χ0) is 25.9. The number of aromatic nitrogens is 2. The Kier molecular flexibility index (Phi) is 8.26. The molecule has 3 fully saturated rings. The molecule has 0 aromatic carbocycles. The van der Waals surface area contributed by atoms with Gasteiger partial charge in [-0.3, -0.25) is 19.0 Å². The summed E-state index contributed by atoms with van der Waals surface area (Å²) in [7, 11) is 0. The van der Waals surface area contributed by atoms with Gasteiger partial charge in [-0.05, 0) is 25.7 Å². The maximum Gasteiger partial charge on any atom is 0.335 e. The molecule has 200 valence electrons. The van der Waals surface area contributed by atoms with Gasteiger partial charge in [0.1, 0.15) is 12.2 Å². The molecule has 12 heteroatoms. The van der Waals surface area contributed by atoms with E-state index in [2.05, 4.69) is 0 Å². The average Bonchev–Trinajstić information content (AvgIpc) is 3.12. The van der Waals surface area contributed by atoms with Gasteiger partial charge in [0.05, 0.1) is 11.8 Å². The molecule has 1 aliphatic heterocycles. The molecule has 1 aromatic heterocycles. The second kappa shape index (κ2) is 11.2. The van der Waals surface area contributed by atoms with Crippen molar-refractivity contribution in [1.82, 2.24) is 9.13 Å². The van der Waals surface area contributed by atoms with Crippen molar-refractivity contribution in [3.8, 4) is 0 Å². The Bertz CT molecular complexity index is 1060. The fourth-order valence-electron chi connectivity index (χ4n) is 5.15. The Labute approximate surface area is 206 Å². The summed E-state index contributed by atoms with van der Waals surface area (Å²) in [6, 6.07) is 0.972. The van der Waals surface area contributed by atoms with Crippen LogP contribution in [0.2, 0.25) is 0 Å². The van der Waals surface area contributed by atoms with Gasteiger partial charge in [-0.25, -0.2) is 13.8 Å². The molecule has 2 saturated carbocycles. The van der Waals surface area contributed by atoms with E-state index in [-0.39, 0.29) is 11.8 Å². The first kappa shape index (κ1) is 26.5. The van der Waals surface area contributed by atoms with E-state index in [0.29, 0.717) is 30.3 Å². The number of ether oxygens (including phenoxy) is 3. The molecule has 3 aliphatic rings. The van der Waals surface area contributed by atoms with Crippen molar-refractivity contribution < 1.29 is 38.4 Å². The number of aliphatic hydroxyl groups is 2. The molecule has 2 heterocycles. The van der Waals surface area contributed by atoms with E-state index in [1.54, 1.807) is 0 Å². The van der Waals surface area contributed by atoms with Gasteiger partial charge >= 0.3 is 17.6 Å². The molecule has 0 amide bonds. The smallest absolute Gasteiger partial charge is 0.335 e. The van der Waals surface area contributed by atoms with Crippen LogP contribution in [-0.4, -0.2) is 56.0 Å². The minimum Gasteiger partial charge on any atom is -0.459 e. The van der Waals surface area contributed by atoms with Crippen molar-refractivity contribution in [3.05, 3.63) is 33.1 Å². The van der Waals surface area contributed by atoms with Crippen molar-refractivity contribution in [3.63, 3.8) is 0 Å². The van der Waals surface area contributed by atoms with E-state index in [1.165, 1.54) is 0 Å². The van der Waals surface area contributed by atoms with Crippen molar-refractivity contribution in [2.75, 3.05) is 6.61 Å². The van der Waals surface area contributed by atoms with Crippen LogP contribution in [-0.2, 0) is 30.5 Å². The van der Waals surface area contributed by atoms with Crippen molar-refractivity contribution in [2.45, 2.75) is 95.2 Å². The highest BCUT2D eigenvalue weighted by Gasteiger charge is 2.57. The highest BCUT2D eigenvalue weighted by Crippen LogP contribution is 2.38. The highest BCUT2D eigenvalue weighted by atomic mass is 19.2. The quantitative estimate of drug-likeness (QED) is 0.513.